The Bertz CT molecular complexity index is 1290. The van der Waals surface area contributed by atoms with Crippen LogP contribution in [-0.4, -0.2) is 32.6 Å². The molecule has 0 amide bonds. The van der Waals surface area contributed by atoms with Crippen molar-refractivity contribution in [3.8, 4) is 17.0 Å². The highest BCUT2D eigenvalue weighted by atomic mass is 35.5. The molecule has 2 N–H and O–H groups in total. The molecule has 0 saturated carbocycles. The lowest BCUT2D eigenvalue weighted by atomic mass is 10.1. The molecule has 7 nitrogen and oxygen atoms in total. The summed E-state index contributed by atoms with van der Waals surface area (Å²) >= 11 is 12.5. The highest BCUT2D eigenvalue weighted by Gasteiger charge is 2.22. The van der Waals surface area contributed by atoms with Crippen LogP contribution in [0, 0.1) is 0 Å². The van der Waals surface area contributed by atoms with E-state index in [0.717, 1.165) is 0 Å². The molecule has 0 saturated heterocycles. The smallest absolute Gasteiger partial charge is 0.357 e. The van der Waals surface area contributed by atoms with Crippen LogP contribution in [0.2, 0.25) is 10.2 Å². The van der Waals surface area contributed by atoms with Gasteiger partial charge in [-0.25, -0.2) is 9.78 Å². The summed E-state index contributed by atoms with van der Waals surface area (Å²) in [4.78, 5) is 30.1. The number of hydrogen-bond donors (Lipinski definition) is 2. The van der Waals surface area contributed by atoms with Gasteiger partial charge in [-0.3, -0.25) is 9.20 Å². The van der Waals surface area contributed by atoms with Crippen molar-refractivity contribution in [2.75, 3.05) is 7.11 Å². The zero-order valence-electron chi connectivity index (χ0n) is 13.8. The third-order valence-corrected chi connectivity index (χ3v) is 4.91. The lowest BCUT2D eigenvalue weighted by Gasteiger charge is -2.11. The van der Waals surface area contributed by atoms with Gasteiger partial charge in [0.1, 0.15) is 5.15 Å². The standard InChI is InChI=1S/C18H11Cl2N3O4/c1-27-13-5-4-12(23-15(20)14(18(25)26)22-16(13)23)8-2-3-9-10(6-8)11(19)7-21-17(9)24/h2-7H,1H3,(H,21,24)(H,25,26). The maximum Gasteiger partial charge on any atom is 0.357 e. The number of carbonyl (C=O) groups is 1. The highest BCUT2D eigenvalue weighted by molar-refractivity contribution is 6.35. The quantitative estimate of drug-likeness (QED) is 0.541. The summed E-state index contributed by atoms with van der Waals surface area (Å²) in [5, 5.41) is 10.7. The number of ether oxygens (including phenoxy) is 1. The van der Waals surface area contributed by atoms with E-state index in [1.807, 2.05) is 0 Å². The van der Waals surface area contributed by atoms with E-state index in [-0.39, 0.29) is 22.1 Å². The molecule has 9 heteroatoms. The van der Waals surface area contributed by atoms with E-state index in [9.17, 15) is 14.7 Å². The number of H-pyrrole nitrogens is 1. The van der Waals surface area contributed by atoms with Crippen LogP contribution < -0.4 is 10.3 Å². The summed E-state index contributed by atoms with van der Waals surface area (Å²) < 4.78 is 6.76. The van der Waals surface area contributed by atoms with Gasteiger partial charge < -0.3 is 14.8 Å². The molecule has 3 aromatic heterocycles. The van der Waals surface area contributed by atoms with Crippen LogP contribution in [0.5, 0.6) is 5.75 Å². The summed E-state index contributed by atoms with van der Waals surface area (Å²) in [7, 11) is 1.46. The second kappa shape index (κ2) is 6.29. The average Bonchev–Trinajstić information content (AvgIpc) is 3.02. The molecular weight excluding hydrogens is 393 g/mol. The van der Waals surface area contributed by atoms with Gasteiger partial charge in [0, 0.05) is 17.0 Å². The van der Waals surface area contributed by atoms with Gasteiger partial charge in [0.15, 0.2) is 17.1 Å². The Morgan fingerprint density at radius 1 is 1.22 bits per heavy atom. The van der Waals surface area contributed by atoms with Gasteiger partial charge in [0.05, 0.1) is 17.8 Å². The molecule has 0 aliphatic heterocycles. The summed E-state index contributed by atoms with van der Waals surface area (Å²) in [6.07, 6.45) is 1.42. The minimum Gasteiger partial charge on any atom is -0.493 e. The lowest BCUT2D eigenvalue weighted by molar-refractivity contribution is 0.0691. The molecule has 0 aliphatic rings. The number of rotatable bonds is 3. The number of carboxylic acids is 1. The predicted molar refractivity (Wildman–Crippen MR) is 102 cm³/mol. The van der Waals surface area contributed by atoms with E-state index < -0.39 is 5.97 Å². The van der Waals surface area contributed by atoms with Gasteiger partial charge >= 0.3 is 5.97 Å². The van der Waals surface area contributed by atoms with Gasteiger partial charge in [0.25, 0.3) is 5.56 Å². The number of fused-ring (bicyclic) bond motifs is 2. The van der Waals surface area contributed by atoms with E-state index >= 15 is 0 Å². The molecule has 0 aliphatic carbocycles. The number of imidazole rings is 1. The SMILES string of the molecule is COc1ccc(-c2ccc3c(=O)[nH]cc(Cl)c3c2)n2c(Cl)c(C(=O)O)nc12. The fraction of sp³-hybridized carbons (Fsp3) is 0.0556. The van der Waals surface area contributed by atoms with Gasteiger partial charge in [-0.05, 0) is 29.8 Å². The predicted octanol–water partition coefficient (Wildman–Crippen LogP) is 3.86. The van der Waals surface area contributed by atoms with Crippen LogP contribution >= 0.6 is 23.2 Å². The van der Waals surface area contributed by atoms with Crippen molar-refractivity contribution >= 4 is 45.6 Å². The van der Waals surface area contributed by atoms with E-state index in [4.69, 9.17) is 27.9 Å². The maximum atomic E-state index is 12.0. The molecule has 1 aromatic carbocycles. The number of nitrogens with one attached hydrogen (secondary N) is 1. The minimum absolute atomic E-state index is 0.0523. The summed E-state index contributed by atoms with van der Waals surface area (Å²) in [6, 6.07) is 8.52. The second-order valence-corrected chi connectivity index (χ2v) is 6.49. The Kier molecular flexibility index (Phi) is 4.05. The molecule has 27 heavy (non-hydrogen) atoms. The Morgan fingerprint density at radius 3 is 2.70 bits per heavy atom. The Labute approximate surface area is 161 Å². The molecular formula is C18H11Cl2N3O4. The van der Waals surface area contributed by atoms with Crippen LogP contribution in [0.25, 0.3) is 27.7 Å². The third kappa shape index (κ3) is 2.63. The number of benzene rings is 1. The van der Waals surface area contributed by atoms with E-state index in [1.165, 1.54) is 17.7 Å². The molecule has 0 atom stereocenters. The molecule has 3 heterocycles. The Morgan fingerprint density at radius 2 is 2.00 bits per heavy atom. The molecule has 0 unspecified atom stereocenters. The topological polar surface area (TPSA) is 96.7 Å². The molecule has 4 rings (SSSR count). The zero-order valence-corrected chi connectivity index (χ0v) is 15.3. The number of carboxylic acid groups (broad SMARTS) is 1. The van der Waals surface area contributed by atoms with Crippen LogP contribution in [0.15, 0.2) is 41.3 Å². The Balaban J connectivity index is 2.08. The first-order valence-electron chi connectivity index (χ1n) is 7.72. The largest absolute Gasteiger partial charge is 0.493 e. The molecule has 0 bridgehead atoms. The lowest BCUT2D eigenvalue weighted by Crippen LogP contribution is -2.05. The number of aromatic nitrogens is 3. The fourth-order valence-electron chi connectivity index (χ4n) is 2.99. The van der Waals surface area contributed by atoms with Crippen molar-refractivity contribution in [2.24, 2.45) is 0 Å². The van der Waals surface area contributed by atoms with E-state index in [0.29, 0.717) is 32.8 Å². The van der Waals surface area contributed by atoms with Gasteiger partial charge in [0.2, 0.25) is 0 Å². The number of aromatic carboxylic acids is 1. The molecule has 4 aromatic rings. The van der Waals surface area contributed by atoms with Crippen LogP contribution in [0.4, 0.5) is 0 Å². The van der Waals surface area contributed by atoms with E-state index in [2.05, 4.69) is 9.97 Å². The number of hydrogen-bond acceptors (Lipinski definition) is 4. The molecule has 0 fully saturated rings. The van der Waals surface area contributed by atoms with Crippen molar-refractivity contribution in [1.29, 1.82) is 0 Å². The molecule has 0 radical (unpaired) electrons. The van der Waals surface area contributed by atoms with Gasteiger partial charge in [-0.15, -0.1) is 0 Å². The monoisotopic (exact) mass is 403 g/mol. The van der Waals surface area contributed by atoms with Crippen molar-refractivity contribution in [1.82, 2.24) is 14.4 Å². The first kappa shape index (κ1) is 17.4. The van der Waals surface area contributed by atoms with Crippen molar-refractivity contribution in [3.63, 3.8) is 0 Å². The summed E-state index contributed by atoms with van der Waals surface area (Å²) in [5.74, 6) is -0.867. The van der Waals surface area contributed by atoms with Gasteiger partial charge in [-0.1, -0.05) is 29.3 Å². The number of methoxy groups -OCH3 is 1. The first-order chi connectivity index (χ1) is 12.9. The van der Waals surface area contributed by atoms with Crippen molar-refractivity contribution < 1.29 is 14.6 Å². The maximum absolute atomic E-state index is 12.0. The van der Waals surface area contributed by atoms with Crippen LogP contribution in [0.1, 0.15) is 10.5 Å². The average molecular weight is 404 g/mol. The number of pyridine rings is 2. The zero-order chi connectivity index (χ0) is 19.3. The van der Waals surface area contributed by atoms with Crippen LogP contribution in [0.3, 0.4) is 0 Å². The minimum atomic E-state index is -1.25. The number of nitrogens with zero attached hydrogens (tertiary/aromatic N) is 2. The first-order valence-corrected chi connectivity index (χ1v) is 8.47. The van der Waals surface area contributed by atoms with Crippen molar-refractivity contribution in [2.45, 2.75) is 0 Å². The fourth-order valence-corrected chi connectivity index (χ4v) is 3.50. The van der Waals surface area contributed by atoms with E-state index in [1.54, 1.807) is 30.3 Å². The van der Waals surface area contributed by atoms with Crippen LogP contribution in [-0.2, 0) is 0 Å². The summed E-state index contributed by atoms with van der Waals surface area (Å²) in [5.41, 5.74) is 0.995. The Hall–Kier alpha value is -3.03. The van der Waals surface area contributed by atoms with Gasteiger partial charge in [-0.2, -0.15) is 0 Å². The van der Waals surface area contributed by atoms with Crippen molar-refractivity contribution in [3.05, 3.63) is 62.8 Å². The third-order valence-electron chi connectivity index (χ3n) is 4.24. The summed E-state index contributed by atoms with van der Waals surface area (Å²) in [6.45, 7) is 0. The number of aromatic amines is 1. The molecule has 0 spiro atoms. The highest BCUT2D eigenvalue weighted by Crippen LogP contribution is 2.33. The number of halogens is 2. The molecule has 136 valence electrons. The normalized spacial score (nSPS) is 11.2. The second-order valence-electron chi connectivity index (χ2n) is 5.73.